The van der Waals surface area contributed by atoms with Crippen molar-refractivity contribution in [3.63, 3.8) is 0 Å². The molecule has 0 radical (unpaired) electrons. The SMILES string of the molecule is Cc1cc(Cl)ccc1Nc1cc(C(=O)N2CCc3ccccc3C2)ncn1. The van der Waals surface area contributed by atoms with E-state index < -0.39 is 0 Å². The lowest BCUT2D eigenvalue weighted by Crippen LogP contribution is -2.36. The Kier molecular flexibility index (Phi) is 4.77. The molecule has 2 aromatic carbocycles. The van der Waals surface area contributed by atoms with E-state index in [9.17, 15) is 4.79 Å². The molecule has 4 rings (SSSR count). The van der Waals surface area contributed by atoms with Crippen LogP contribution in [0.5, 0.6) is 0 Å². The van der Waals surface area contributed by atoms with Crippen LogP contribution >= 0.6 is 11.6 Å². The van der Waals surface area contributed by atoms with Crippen LogP contribution in [0.15, 0.2) is 54.9 Å². The minimum absolute atomic E-state index is 0.0808. The largest absolute Gasteiger partial charge is 0.340 e. The Morgan fingerprint density at radius 1 is 1.11 bits per heavy atom. The maximum atomic E-state index is 12.9. The van der Waals surface area contributed by atoms with Crippen molar-refractivity contribution in [1.29, 1.82) is 0 Å². The van der Waals surface area contributed by atoms with Gasteiger partial charge in [-0.3, -0.25) is 4.79 Å². The van der Waals surface area contributed by atoms with E-state index in [1.165, 1.54) is 17.5 Å². The predicted octanol–water partition coefficient (Wildman–Crippen LogP) is 4.38. The van der Waals surface area contributed by atoms with Crippen molar-refractivity contribution in [2.75, 3.05) is 11.9 Å². The highest BCUT2D eigenvalue weighted by atomic mass is 35.5. The second-order valence-electron chi connectivity index (χ2n) is 6.62. The fraction of sp³-hybridized carbons (Fsp3) is 0.190. The van der Waals surface area contributed by atoms with Gasteiger partial charge >= 0.3 is 0 Å². The fourth-order valence-corrected chi connectivity index (χ4v) is 3.51. The van der Waals surface area contributed by atoms with Gasteiger partial charge in [-0.05, 0) is 48.2 Å². The first kappa shape index (κ1) is 17.5. The van der Waals surface area contributed by atoms with Crippen molar-refractivity contribution in [3.8, 4) is 0 Å². The average molecular weight is 379 g/mol. The van der Waals surface area contributed by atoms with E-state index in [4.69, 9.17) is 11.6 Å². The van der Waals surface area contributed by atoms with Crippen LogP contribution in [0.3, 0.4) is 0 Å². The molecule has 1 aliphatic rings. The molecule has 1 amide bonds. The van der Waals surface area contributed by atoms with Gasteiger partial charge in [0.2, 0.25) is 0 Å². The second kappa shape index (κ2) is 7.37. The van der Waals surface area contributed by atoms with Crippen molar-refractivity contribution >= 4 is 29.0 Å². The van der Waals surface area contributed by atoms with Crippen LogP contribution < -0.4 is 5.32 Å². The molecule has 1 N–H and O–H groups in total. The molecule has 5 nitrogen and oxygen atoms in total. The van der Waals surface area contributed by atoms with E-state index in [-0.39, 0.29) is 5.91 Å². The van der Waals surface area contributed by atoms with E-state index in [2.05, 4.69) is 27.4 Å². The van der Waals surface area contributed by atoms with E-state index in [1.54, 1.807) is 6.07 Å². The minimum Gasteiger partial charge on any atom is -0.340 e. The minimum atomic E-state index is -0.0808. The van der Waals surface area contributed by atoms with Crippen LogP contribution in [0.4, 0.5) is 11.5 Å². The summed E-state index contributed by atoms with van der Waals surface area (Å²) in [5, 5.41) is 3.92. The number of halogens is 1. The number of rotatable bonds is 3. The number of anilines is 2. The molecule has 0 bridgehead atoms. The third-order valence-electron chi connectivity index (χ3n) is 4.76. The Balaban J connectivity index is 1.53. The van der Waals surface area contributed by atoms with E-state index in [0.717, 1.165) is 17.7 Å². The summed E-state index contributed by atoms with van der Waals surface area (Å²) in [6, 6.07) is 15.5. The Bertz CT molecular complexity index is 1000. The Hall–Kier alpha value is -2.92. The average Bonchev–Trinajstić information content (AvgIpc) is 2.69. The summed E-state index contributed by atoms with van der Waals surface area (Å²) in [6.45, 7) is 3.27. The molecule has 0 spiro atoms. The van der Waals surface area contributed by atoms with Gasteiger partial charge in [-0.25, -0.2) is 9.97 Å². The number of aryl methyl sites for hydroxylation is 1. The first-order valence-electron chi connectivity index (χ1n) is 8.81. The van der Waals surface area contributed by atoms with Crippen LogP contribution in [-0.4, -0.2) is 27.3 Å². The van der Waals surface area contributed by atoms with Gasteiger partial charge in [-0.15, -0.1) is 0 Å². The molecular formula is C21H19ClN4O. The van der Waals surface area contributed by atoms with Gasteiger partial charge in [0.1, 0.15) is 17.8 Å². The van der Waals surface area contributed by atoms with E-state index in [0.29, 0.717) is 29.6 Å². The van der Waals surface area contributed by atoms with Crippen molar-refractivity contribution in [2.24, 2.45) is 0 Å². The fourth-order valence-electron chi connectivity index (χ4n) is 3.28. The smallest absolute Gasteiger partial charge is 0.272 e. The summed E-state index contributed by atoms with van der Waals surface area (Å²) in [7, 11) is 0. The lowest BCUT2D eigenvalue weighted by atomic mass is 10.00. The summed E-state index contributed by atoms with van der Waals surface area (Å²) in [5.74, 6) is 0.499. The molecular weight excluding hydrogens is 360 g/mol. The van der Waals surface area contributed by atoms with Crippen molar-refractivity contribution < 1.29 is 4.79 Å². The van der Waals surface area contributed by atoms with Gasteiger partial charge in [-0.1, -0.05) is 35.9 Å². The highest BCUT2D eigenvalue weighted by Gasteiger charge is 2.22. The topological polar surface area (TPSA) is 58.1 Å². The molecule has 0 atom stereocenters. The van der Waals surface area contributed by atoms with Gasteiger partial charge in [0.05, 0.1) is 0 Å². The highest BCUT2D eigenvalue weighted by Crippen LogP contribution is 2.24. The summed E-state index contributed by atoms with van der Waals surface area (Å²) in [5.41, 5.74) is 4.79. The number of amides is 1. The molecule has 0 saturated heterocycles. The zero-order valence-corrected chi connectivity index (χ0v) is 15.7. The quantitative estimate of drug-likeness (QED) is 0.734. The lowest BCUT2D eigenvalue weighted by Gasteiger charge is -2.28. The summed E-state index contributed by atoms with van der Waals surface area (Å²) >= 11 is 6.01. The van der Waals surface area contributed by atoms with Gasteiger partial charge in [-0.2, -0.15) is 0 Å². The molecule has 1 aliphatic heterocycles. The number of carbonyl (C=O) groups is 1. The van der Waals surface area contributed by atoms with E-state index in [1.807, 2.05) is 42.2 Å². The Morgan fingerprint density at radius 2 is 1.93 bits per heavy atom. The zero-order chi connectivity index (χ0) is 18.8. The number of hydrogen-bond acceptors (Lipinski definition) is 4. The number of nitrogens with one attached hydrogen (secondary N) is 1. The van der Waals surface area contributed by atoms with Crippen molar-refractivity contribution in [1.82, 2.24) is 14.9 Å². The molecule has 2 heterocycles. The molecule has 136 valence electrons. The third kappa shape index (κ3) is 3.78. The maximum absolute atomic E-state index is 12.9. The predicted molar refractivity (Wildman–Crippen MR) is 106 cm³/mol. The van der Waals surface area contributed by atoms with E-state index >= 15 is 0 Å². The monoisotopic (exact) mass is 378 g/mol. The van der Waals surface area contributed by atoms with Crippen molar-refractivity contribution in [3.05, 3.63) is 82.3 Å². The second-order valence-corrected chi connectivity index (χ2v) is 7.05. The molecule has 0 unspecified atom stereocenters. The third-order valence-corrected chi connectivity index (χ3v) is 4.99. The van der Waals surface area contributed by atoms with Crippen LogP contribution in [0.25, 0.3) is 0 Å². The molecule has 1 aromatic heterocycles. The summed E-state index contributed by atoms with van der Waals surface area (Å²) in [4.78, 5) is 23.2. The Labute approximate surface area is 163 Å². The number of aromatic nitrogens is 2. The number of hydrogen-bond donors (Lipinski definition) is 1. The normalized spacial score (nSPS) is 13.2. The standard InChI is InChI=1S/C21H19ClN4O/c1-14-10-17(22)6-7-18(14)25-20-11-19(23-13-24-20)21(27)26-9-8-15-4-2-3-5-16(15)12-26/h2-7,10-11,13H,8-9,12H2,1H3,(H,23,24,25). The van der Waals surface area contributed by atoms with Crippen LogP contribution in [0.1, 0.15) is 27.2 Å². The number of carbonyl (C=O) groups excluding carboxylic acids is 1. The first-order chi connectivity index (χ1) is 13.1. The molecule has 3 aromatic rings. The van der Waals surface area contributed by atoms with Crippen LogP contribution in [-0.2, 0) is 13.0 Å². The summed E-state index contributed by atoms with van der Waals surface area (Å²) in [6.07, 6.45) is 2.28. The van der Waals surface area contributed by atoms with Gasteiger partial charge in [0, 0.05) is 29.9 Å². The van der Waals surface area contributed by atoms with Gasteiger partial charge < -0.3 is 10.2 Å². The Morgan fingerprint density at radius 3 is 2.74 bits per heavy atom. The van der Waals surface area contributed by atoms with Gasteiger partial charge in [0.25, 0.3) is 5.91 Å². The van der Waals surface area contributed by atoms with Crippen molar-refractivity contribution in [2.45, 2.75) is 19.9 Å². The molecule has 6 heteroatoms. The number of nitrogens with zero attached hydrogens (tertiary/aromatic N) is 3. The maximum Gasteiger partial charge on any atom is 0.272 e. The number of fused-ring (bicyclic) bond motifs is 1. The van der Waals surface area contributed by atoms with Crippen LogP contribution in [0, 0.1) is 6.92 Å². The van der Waals surface area contributed by atoms with Gasteiger partial charge in [0.15, 0.2) is 0 Å². The molecule has 0 saturated carbocycles. The highest BCUT2D eigenvalue weighted by molar-refractivity contribution is 6.30. The number of benzene rings is 2. The first-order valence-corrected chi connectivity index (χ1v) is 9.19. The molecule has 27 heavy (non-hydrogen) atoms. The van der Waals surface area contributed by atoms with Crippen LogP contribution in [0.2, 0.25) is 5.02 Å². The zero-order valence-electron chi connectivity index (χ0n) is 14.9. The lowest BCUT2D eigenvalue weighted by molar-refractivity contribution is 0.0728. The summed E-state index contributed by atoms with van der Waals surface area (Å²) < 4.78 is 0. The molecule has 0 fully saturated rings. The molecule has 0 aliphatic carbocycles.